The van der Waals surface area contributed by atoms with Crippen LogP contribution in [0, 0.1) is 5.92 Å². The number of nitrogens with one attached hydrogen (secondary N) is 1. The summed E-state index contributed by atoms with van der Waals surface area (Å²) < 4.78 is 0. The number of hydrogen-bond acceptors (Lipinski definition) is 5. The lowest BCUT2D eigenvalue weighted by Gasteiger charge is -2.33. The monoisotopic (exact) mass is 358 g/mol. The Kier molecular flexibility index (Phi) is 6.15. The molecule has 5 nitrogen and oxygen atoms in total. The highest BCUT2D eigenvalue weighted by molar-refractivity contribution is 7.13. The first-order chi connectivity index (χ1) is 12.1. The molecule has 134 valence electrons. The molecule has 1 saturated heterocycles. The number of hydrogen-bond donors (Lipinski definition) is 1. The Labute approximate surface area is 153 Å². The molecule has 1 aliphatic heterocycles. The van der Waals surface area contributed by atoms with Gasteiger partial charge in [-0.25, -0.2) is 4.98 Å². The van der Waals surface area contributed by atoms with E-state index in [0.29, 0.717) is 12.6 Å². The van der Waals surface area contributed by atoms with Gasteiger partial charge in [-0.3, -0.25) is 9.78 Å². The minimum atomic E-state index is 0.165. The zero-order valence-corrected chi connectivity index (χ0v) is 15.8. The van der Waals surface area contributed by atoms with Gasteiger partial charge in [0.2, 0.25) is 5.91 Å². The molecule has 1 amide bonds. The molecule has 0 spiro atoms. The lowest BCUT2D eigenvalue weighted by atomic mass is 9.95. The molecule has 0 radical (unpaired) electrons. The number of pyridine rings is 1. The van der Waals surface area contributed by atoms with Gasteiger partial charge in [0, 0.05) is 48.3 Å². The predicted molar refractivity (Wildman–Crippen MR) is 101 cm³/mol. The zero-order valence-electron chi connectivity index (χ0n) is 14.9. The first kappa shape index (κ1) is 18.0. The summed E-state index contributed by atoms with van der Waals surface area (Å²) in [4.78, 5) is 23.5. The SMILES string of the molecule is CC(C)N1CCC(C(=O)NCCc2csc(-c3ccncc3)n2)CC1. The van der Waals surface area contributed by atoms with Crippen molar-refractivity contribution in [1.82, 2.24) is 20.2 Å². The molecule has 0 bridgehead atoms. The van der Waals surface area contributed by atoms with Crippen molar-refractivity contribution in [2.24, 2.45) is 5.92 Å². The number of piperidine rings is 1. The third-order valence-electron chi connectivity index (χ3n) is 4.79. The fourth-order valence-corrected chi connectivity index (χ4v) is 4.05. The van der Waals surface area contributed by atoms with Crippen molar-refractivity contribution in [1.29, 1.82) is 0 Å². The lowest BCUT2D eigenvalue weighted by Crippen LogP contribution is -2.43. The van der Waals surface area contributed by atoms with Crippen LogP contribution >= 0.6 is 11.3 Å². The van der Waals surface area contributed by atoms with Crippen molar-refractivity contribution >= 4 is 17.2 Å². The number of carbonyl (C=O) groups excluding carboxylic acids is 1. The molecule has 2 aromatic heterocycles. The number of thiazole rings is 1. The average Bonchev–Trinajstić information content (AvgIpc) is 3.11. The second kappa shape index (κ2) is 8.54. The molecule has 3 heterocycles. The van der Waals surface area contributed by atoms with Gasteiger partial charge >= 0.3 is 0 Å². The first-order valence-electron chi connectivity index (χ1n) is 9.00. The van der Waals surface area contributed by atoms with Crippen LogP contribution in [-0.4, -0.2) is 46.5 Å². The van der Waals surface area contributed by atoms with Gasteiger partial charge in [-0.2, -0.15) is 0 Å². The minimum Gasteiger partial charge on any atom is -0.355 e. The number of amides is 1. The number of carbonyl (C=O) groups is 1. The Morgan fingerprint density at radius 2 is 2.04 bits per heavy atom. The summed E-state index contributed by atoms with van der Waals surface area (Å²) in [5.74, 6) is 0.366. The molecule has 1 N–H and O–H groups in total. The molecule has 25 heavy (non-hydrogen) atoms. The highest BCUT2D eigenvalue weighted by Crippen LogP contribution is 2.23. The van der Waals surface area contributed by atoms with Crippen LogP contribution in [0.15, 0.2) is 29.9 Å². The zero-order chi connectivity index (χ0) is 17.6. The molecule has 0 unspecified atom stereocenters. The van der Waals surface area contributed by atoms with Crippen LogP contribution < -0.4 is 5.32 Å². The molecule has 6 heteroatoms. The Morgan fingerprint density at radius 3 is 2.72 bits per heavy atom. The molecular formula is C19H26N4OS. The van der Waals surface area contributed by atoms with Crippen molar-refractivity contribution in [3.63, 3.8) is 0 Å². The van der Waals surface area contributed by atoms with Gasteiger partial charge in [0.15, 0.2) is 0 Å². The second-order valence-electron chi connectivity index (χ2n) is 6.82. The van der Waals surface area contributed by atoms with E-state index >= 15 is 0 Å². The van der Waals surface area contributed by atoms with E-state index in [9.17, 15) is 4.79 Å². The van der Waals surface area contributed by atoms with Gasteiger partial charge in [-0.05, 0) is 51.9 Å². The Bertz CT molecular complexity index is 678. The van der Waals surface area contributed by atoms with E-state index in [1.54, 1.807) is 23.7 Å². The first-order valence-corrected chi connectivity index (χ1v) is 9.88. The van der Waals surface area contributed by atoms with Crippen LogP contribution in [0.25, 0.3) is 10.6 Å². The van der Waals surface area contributed by atoms with Crippen molar-refractivity contribution in [2.75, 3.05) is 19.6 Å². The summed E-state index contributed by atoms with van der Waals surface area (Å²) in [5, 5.41) is 6.17. The van der Waals surface area contributed by atoms with Gasteiger partial charge in [0.25, 0.3) is 0 Å². The fraction of sp³-hybridized carbons (Fsp3) is 0.526. The van der Waals surface area contributed by atoms with E-state index in [1.165, 1.54) is 0 Å². The lowest BCUT2D eigenvalue weighted by molar-refractivity contribution is -0.126. The highest BCUT2D eigenvalue weighted by Gasteiger charge is 2.25. The fourth-order valence-electron chi connectivity index (χ4n) is 3.19. The van der Waals surface area contributed by atoms with Crippen LogP contribution in [-0.2, 0) is 11.2 Å². The van der Waals surface area contributed by atoms with E-state index in [0.717, 1.165) is 48.6 Å². The van der Waals surface area contributed by atoms with E-state index in [-0.39, 0.29) is 11.8 Å². The molecule has 0 saturated carbocycles. The molecule has 2 aromatic rings. The highest BCUT2D eigenvalue weighted by atomic mass is 32.1. The number of aromatic nitrogens is 2. The van der Waals surface area contributed by atoms with E-state index in [2.05, 4.69) is 39.4 Å². The van der Waals surface area contributed by atoms with Crippen LogP contribution in [0.5, 0.6) is 0 Å². The van der Waals surface area contributed by atoms with Gasteiger partial charge in [0.1, 0.15) is 5.01 Å². The molecule has 0 atom stereocenters. The Hall–Kier alpha value is -1.79. The molecule has 0 aromatic carbocycles. The largest absolute Gasteiger partial charge is 0.355 e. The van der Waals surface area contributed by atoms with E-state index < -0.39 is 0 Å². The number of nitrogens with zero attached hydrogens (tertiary/aromatic N) is 3. The summed E-state index contributed by atoms with van der Waals surface area (Å²) >= 11 is 1.64. The van der Waals surface area contributed by atoms with Gasteiger partial charge < -0.3 is 10.2 Å². The normalized spacial score (nSPS) is 16.3. The predicted octanol–water partition coefficient (Wildman–Crippen LogP) is 2.98. The second-order valence-corrected chi connectivity index (χ2v) is 7.68. The Morgan fingerprint density at radius 1 is 1.32 bits per heavy atom. The minimum absolute atomic E-state index is 0.165. The van der Waals surface area contributed by atoms with Crippen LogP contribution in [0.3, 0.4) is 0 Å². The third kappa shape index (κ3) is 4.86. The van der Waals surface area contributed by atoms with Gasteiger partial charge in [-0.15, -0.1) is 11.3 Å². The van der Waals surface area contributed by atoms with Crippen molar-refractivity contribution < 1.29 is 4.79 Å². The molecule has 0 aliphatic carbocycles. The van der Waals surface area contributed by atoms with Crippen molar-refractivity contribution in [2.45, 2.75) is 39.2 Å². The smallest absolute Gasteiger partial charge is 0.223 e. The maximum atomic E-state index is 12.3. The Balaban J connectivity index is 1.43. The van der Waals surface area contributed by atoms with Crippen molar-refractivity contribution in [3.05, 3.63) is 35.6 Å². The molecule has 3 rings (SSSR count). The van der Waals surface area contributed by atoms with Crippen LogP contribution in [0.1, 0.15) is 32.4 Å². The number of rotatable bonds is 6. The van der Waals surface area contributed by atoms with Crippen molar-refractivity contribution in [3.8, 4) is 10.6 Å². The summed E-state index contributed by atoms with van der Waals surface area (Å²) in [7, 11) is 0. The number of likely N-dealkylation sites (tertiary alicyclic amines) is 1. The topological polar surface area (TPSA) is 58.1 Å². The van der Waals surface area contributed by atoms with Gasteiger partial charge in [-0.1, -0.05) is 0 Å². The average molecular weight is 359 g/mol. The van der Waals surface area contributed by atoms with Crippen LogP contribution in [0.4, 0.5) is 0 Å². The van der Waals surface area contributed by atoms with Crippen LogP contribution in [0.2, 0.25) is 0 Å². The molecule has 1 fully saturated rings. The standard InChI is InChI=1S/C19H26N4OS/c1-14(2)23-11-6-15(7-12-23)18(24)21-10-5-17-13-25-19(22-17)16-3-8-20-9-4-16/h3-4,8-9,13-15H,5-7,10-12H2,1-2H3,(H,21,24). The maximum Gasteiger partial charge on any atom is 0.223 e. The van der Waals surface area contributed by atoms with E-state index in [1.807, 2.05) is 12.1 Å². The molecular weight excluding hydrogens is 332 g/mol. The third-order valence-corrected chi connectivity index (χ3v) is 5.73. The van der Waals surface area contributed by atoms with Gasteiger partial charge in [0.05, 0.1) is 5.69 Å². The van der Waals surface area contributed by atoms with E-state index in [4.69, 9.17) is 0 Å². The summed E-state index contributed by atoms with van der Waals surface area (Å²) in [6, 6.07) is 4.50. The summed E-state index contributed by atoms with van der Waals surface area (Å²) in [6.07, 6.45) is 6.26. The molecule has 1 aliphatic rings. The maximum absolute atomic E-state index is 12.3. The summed E-state index contributed by atoms with van der Waals surface area (Å²) in [5.41, 5.74) is 2.12. The summed E-state index contributed by atoms with van der Waals surface area (Å²) in [6.45, 7) is 7.14. The quantitative estimate of drug-likeness (QED) is 0.862.